The Hall–Kier alpha value is -3.20. The monoisotopic (exact) mass is 521 g/mol. The van der Waals surface area contributed by atoms with Crippen LogP contribution < -0.4 is 5.32 Å². The van der Waals surface area contributed by atoms with E-state index in [0.29, 0.717) is 46.1 Å². The number of fused-ring (bicyclic) bond motifs is 1. The molecule has 3 aromatic heterocycles. The highest BCUT2D eigenvalue weighted by Gasteiger charge is 2.38. The van der Waals surface area contributed by atoms with E-state index in [9.17, 15) is 22.8 Å². The number of aromatic nitrogens is 2. The number of aliphatic carboxylic acids is 2. The number of aryl methyl sites for hydroxylation is 1. The van der Waals surface area contributed by atoms with Crippen LogP contribution in [-0.4, -0.2) is 62.4 Å². The summed E-state index contributed by atoms with van der Waals surface area (Å²) in [6.07, 6.45) is -3.42. The first kappa shape index (κ1) is 27.0. The first-order valence-electron chi connectivity index (χ1n) is 9.36. The standard InChI is InChI=1S/C17H17N3O5S2.C2HF3O2/c1-10-15-11(16(23)18-5-8-27-26-7-4-14(21)22)9-12(13-3-2-6-24-13)19-17(15)25-20-10;3-2(4,5)1(6)7/h2-3,6,9H,4-5,7-8H2,1H3,(H,18,23)(H,21,22);(H,6,7). The lowest BCUT2D eigenvalue weighted by Gasteiger charge is -2.07. The summed E-state index contributed by atoms with van der Waals surface area (Å²) in [6.45, 7) is 2.21. The number of carboxylic acids is 2. The van der Waals surface area contributed by atoms with Crippen molar-refractivity contribution in [3.63, 3.8) is 0 Å². The molecule has 3 heterocycles. The molecule has 3 aromatic rings. The number of carboxylic acid groups (broad SMARTS) is 2. The van der Waals surface area contributed by atoms with E-state index in [1.807, 2.05) is 0 Å². The topological polar surface area (TPSA) is 156 Å². The van der Waals surface area contributed by atoms with Gasteiger partial charge in [0.1, 0.15) is 5.69 Å². The van der Waals surface area contributed by atoms with Crippen LogP contribution in [0.4, 0.5) is 13.2 Å². The van der Waals surface area contributed by atoms with Gasteiger partial charge in [-0.1, -0.05) is 26.7 Å². The van der Waals surface area contributed by atoms with Gasteiger partial charge in [-0.25, -0.2) is 9.78 Å². The number of pyridine rings is 1. The van der Waals surface area contributed by atoms with Crippen LogP contribution in [0.5, 0.6) is 0 Å². The van der Waals surface area contributed by atoms with E-state index in [4.69, 9.17) is 23.9 Å². The molecule has 0 atom stereocenters. The average molecular weight is 521 g/mol. The highest BCUT2D eigenvalue weighted by molar-refractivity contribution is 8.76. The Bertz CT molecular complexity index is 1130. The Kier molecular flexibility index (Phi) is 9.80. The van der Waals surface area contributed by atoms with E-state index in [-0.39, 0.29) is 18.0 Å². The molecule has 0 bridgehead atoms. The van der Waals surface area contributed by atoms with Crippen LogP contribution in [0.1, 0.15) is 22.5 Å². The lowest BCUT2D eigenvalue weighted by molar-refractivity contribution is -0.192. The lowest BCUT2D eigenvalue weighted by Crippen LogP contribution is -2.26. The summed E-state index contributed by atoms with van der Waals surface area (Å²) in [6, 6.07) is 5.16. The molecular formula is C19H18F3N3O7S2. The maximum Gasteiger partial charge on any atom is 0.490 e. The van der Waals surface area contributed by atoms with Crippen LogP contribution in [0.3, 0.4) is 0 Å². The summed E-state index contributed by atoms with van der Waals surface area (Å²) in [5.74, 6) is -2.09. The van der Waals surface area contributed by atoms with E-state index in [0.717, 1.165) is 0 Å². The summed E-state index contributed by atoms with van der Waals surface area (Å²) in [7, 11) is 3.00. The van der Waals surface area contributed by atoms with Gasteiger partial charge in [-0.3, -0.25) is 9.59 Å². The molecule has 0 unspecified atom stereocenters. The summed E-state index contributed by atoms with van der Waals surface area (Å²) in [5, 5.41) is 23.1. The molecule has 3 N–H and O–H groups in total. The van der Waals surface area contributed by atoms with Crippen LogP contribution in [0.2, 0.25) is 0 Å². The van der Waals surface area contributed by atoms with Gasteiger partial charge >= 0.3 is 18.1 Å². The van der Waals surface area contributed by atoms with Crippen LogP contribution in [0.15, 0.2) is 33.4 Å². The molecule has 3 rings (SSSR count). The average Bonchev–Trinajstić information content (AvgIpc) is 3.42. The lowest BCUT2D eigenvalue weighted by atomic mass is 10.1. The van der Waals surface area contributed by atoms with Crippen molar-refractivity contribution in [2.75, 3.05) is 18.1 Å². The number of rotatable bonds is 9. The maximum atomic E-state index is 12.7. The molecule has 0 aliphatic heterocycles. The minimum atomic E-state index is -5.08. The van der Waals surface area contributed by atoms with Gasteiger partial charge in [0.25, 0.3) is 11.6 Å². The zero-order chi connectivity index (χ0) is 25.3. The van der Waals surface area contributed by atoms with Gasteiger partial charge < -0.3 is 24.5 Å². The number of nitrogens with one attached hydrogen (secondary N) is 1. The molecule has 0 spiro atoms. The van der Waals surface area contributed by atoms with E-state index in [1.165, 1.54) is 27.9 Å². The molecule has 10 nitrogen and oxygen atoms in total. The third-order valence-electron chi connectivity index (χ3n) is 3.83. The van der Waals surface area contributed by atoms with Crippen molar-refractivity contribution in [1.29, 1.82) is 0 Å². The van der Waals surface area contributed by atoms with Crippen molar-refractivity contribution in [3.05, 3.63) is 35.7 Å². The number of furan rings is 1. The van der Waals surface area contributed by atoms with Gasteiger partial charge in [0.15, 0.2) is 5.76 Å². The molecule has 0 fully saturated rings. The predicted molar refractivity (Wildman–Crippen MR) is 117 cm³/mol. The summed E-state index contributed by atoms with van der Waals surface area (Å²) in [4.78, 5) is 36.4. The molecule has 34 heavy (non-hydrogen) atoms. The Morgan fingerprint density at radius 3 is 2.44 bits per heavy atom. The van der Waals surface area contributed by atoms with Gasteiger partial charge in [-0.05, 0) is 25.1 Å². The van der Waals surface area contributed by atoms with Crippen molar-refractivity contribution < 1.29 is 46.7 Å². The molecule has 0 aromatic carbocycles. The summed E-state index contributed by atoms with van der Waals surface area (Å²) >= 11 is 0. The third-order valence-corrected chi connectivity index (χ3v) is 6.24. The molecule has 0 radical (unpaired) electrons. The van der Waals surface area contributed by atoms with E-state index in [2.05, 4.69) is 15.5 Å². The van der Waals surface area contributed by atoms with Crippen molar-refractivity contribution in [2.45, 2.75) is 19.5 Å². The van der Waals surface area contributed by atoms with Gasteiger partial charge in [0.2, 0.25) is 0 Å². The SMILES string of the molecule is Cc1noc2nc(-c3ccco3)cc(C(=O)NCCSSCCC(=O)O)c12.O=C(O)C(F)(F)F. The van der Waals surface area contributed by atoms with E-state index >= 15 is 0 Å². The van der Waals surface area contributed by atoms with Crippen molar-refractivity contribution >= 4 is 50.5 Å². The van der Waals surface area contributed by atoms with Gasteiger partial charge in [0.05, 0.1) is 29.3 Å². The van der Waals surface area contributed by atoms with Crippen molar-refractivity contribution in [3.8, 4) is 11.5 Å². The Balaban J connectivity index is 0.000000509. The van der Waals surface area contributed by atoms with Crippen LogP contribution in [0.25, 0.3) is 22.6 Å². The quantitative estimate of drug-likeness (QED) is 0.276. The van der Waals surface area contributed by atoms with Crippen LogP contribution in [0, 0.1) is 6.92 Å². The highest BCUT2D eigenvalue weighted by Crippen LogP contribution is 2.27. The van der Waals surface area contributed by atoms with Crippen LogP contribution >= 0.6 is 21.6 Å². The number of alkyl halides is 3. The fourth-order valence-corrected chi connectivity index (χ4v) is 4.26. The molecular weight excluding hydrogens is 503 g/mol. The molecule has 0 aliphatic carbocycles. The second kappa shape index (κ2) is 12.3. The van der Waals surface area contributed by atoms with Gasteiger partial charge in [0, 0.05) is 18.1 Å². The number of carbonyl (C=O) groups excluding carboxylic acids is 1. The molecule has 15 heteroatoms. The van der Waals surface area contributed by atoms with Crippen LogP contribution in [-0.2, 0) is 9.59 Å². The number of hydrogen-bond acceptors (Lipinski definition) is 9. The first-order valence-corrected chi connectivity index (χ1v) is 11.8. The second-order valence-corrected chi connectivity index (χ2v) is 9.03. The second-order valence-electron chi connectivity index (χ2n) is 6.33. The first-order chi connectivity index (χ1) is 16.0. The molecule has 1 amide bonds. The van der Waals surface area contributed by atoms with Crippen molar-refractivity contribution in [2.24, 2.45) is 0 Å². The molecule has 0 saturated heterocycles. The zero-order valence-corrected chi connectivity index (χ0v) is 19.1. The maximum absolute atomic E-state index is 12.7. The largest absolute Gasteiger partial charge is 0.490 e. The minimum absolute atomic E-state index is 0.126. The Labute approximate surface area is 197 Å². The van der Waals surface area contributed by atoms with Gasteiger partial charge in [-0.15, -0.1) is 0 Å². The summed E-state index contributed by atoms with van der Waals surface area (Å²) < 4.78 is 42.3. The number of nitrogens with zero attached hydrogens (tertiary/aromatic N) is 2. The smallest absolute Gasteiger partial charge is 0.481 e. The number of amides is 1. The fourth-order valence-electron chi connectivity index (χ4n) is 2.37. The fraction of sp³-hybridized carbons (Fsp3) is 0.316. The normalized spacial score (nSPS) is 11.1. The Morgan fingerprint density at radius 1 is 1.18 bits per heavy atom. The third kappa shape index (κ3) is 7.98. The number of halogens is 3. The van der Waals surface area contributed by atoms with E-state index < -0.39 is 18.1 Å². The number of hydrogen-bond donors (Lipinski definition) is 3. The van der Waals surface area contributed by atoms with E-state index in [1.54, 1.807) is 25.1 Å². The zero-order valence-electron chi connectivity index (χ0n) is 17.4. The van der Waals surface area contributed by atoms with Crippen molar-refractivity contribution in [1.82, 2.24) is 15.5 Å². The molecule has 0 aliphatic rings. The highest BCUT2D eigenvalue weighted by atomic mass is 33.1. The number of carbonyl (C=O) groups is 3. The Morgan fingerprint density at radius 2 is 1.85 bits per heavy atom. The molecule has 184 valence electrons. The predicted octanol–water partition coefficient (Wildman–Crippen LogP) is 4.01. The summed E-state index contributed by atoms with van der Waals surface area (Å²) in [5.41, 5.74) is 1.79. The minimum Gasteiger partial charge on any atom is -0.481 e. The molecule has 0 saturated carbocycles. The van der Waals surface area contributed by atoms with Gasteiger partial charge in [-0.2, -0.15) is 13.2 Å².